The van der Waals surface area contributed by atoms with Gasteiger partial charge in [0, 0.05) is 6.42 Å². The van der Waals surface area contributed by atoms with Gasteiger partial charge in [-0.1, -0.05) is 12.1 Å². The number of carboxylic acids is 1. The average Bonchev–Trinajstić information content (AvgIpc) is 2.75. The maximum absolute atomic E-state index is 11.9. The molecule has 100 valence electrons. The van der Waals surface area contributed by atoms with Gasteiger partial charge in [0.25, 0.3) is 0 Å². The van der Waals surface area contributed by atoms with E-state index in [0.717, 1.165) is 0 Å². The number of hydrogen-bond donors (Lipinski definition) is 3. The molecule has 1 aliphatic rings. The van der Waals surface area contributed by atoms with Crippen LogP contribution in [0.4, 0.5) is 5.69 Å². The normalized spacial score (nSPS) is 17.9. The molecular weight excluding hydrogens is 248 g/mol. The number of benzene rings is 1. The molecule has 1 heterocycles. The Morgan fingerprint density at radius 3 is 2.74 bits per heavy atom. The maximum atomic E-state index is 11.9. The van der Waals surface area contributed by atoms with Crippen LogP contribution in [0, 0.1) is 6.92 Å². The van der Waals surface area contributed by atoms with Gasteiger partial charge in [-0.05, 0) is 25.0 Å². The lowest BCUT2D eigenvalue weighted by atomic mass is 10.1. The van der Waals surface area contributed by atoms with E-state index in [0.29, 0.717) is 18.4 Å². The quantitative estimate of drug-likeness (QED) is 0.754. The minimum Gasteiger partial charge on any atom is -0.478 e. The molecule has 0 aromatic heterocycles. The van der Waals surface area contributed by atoms with E-state index in [-0.39, 0.29) is 23.1 Å². The van der Waals surface area contributed by atoms with Crippen molar-refractivity contribution in [3.63, 3.8) is 0 Å². The lowest BCUT2D eigenvalue weighted by molar-refractivity contribution is -0.122. The van der Waals surface area contributed by atoms with E-state index in [2.05, 4.69) is 10.6 Å². The van der Waals surface area contributed by atoms with Gasteiger partial charge in [-0.3, -0.25) is 9.59 Å². The molecule has 1 unspecified atom stereocenters. The summed E-state index contributed by atoms with van der Waals surface area (Å²) in [7, 11) is 0. The first kappa shape index (κ1) is 13.1. The van der Waals surface area contributed by atoms with Crippen LogP contribution in [0.15, 0.2) is 18.2 Å². The largest absolute Gasteiger partial charge is 0.478 e. The van der Waals surface area contributed by atoms with Crippen molar-refractivity contribution in [1.29, 1.82) is 0 Å². The predicted molar refractivity (Wildman–Crippen MR) is 67.9 cm³/mol. The molecule has 1 atom stereocenters. The van der Waals surface area contributed by atoms with E-state index in [1.54, 1.807) is 19.1 Å². The second-order valence-corrected chi connectivity index (χ2v) is 4.45. The number of nitrogens with one attached hydrogen (secondary N) is 2. The molecule has 1 fully saturated rings. The van der Waals surface area contributed by atoms with Crippen LogP contribution in [0.5, 0.6) is 0 Å². The smallest absolute Gasteiger partial charge is 0.338 e. The van der Waals surface area contributed by atoms with Crippen molar-refractivity contribution in [2.45, 2.75) is 25.8 Å². The van der Waals surface area contributed by atoms with Gasteiger partial charge in [0.2, 0.25) is 11.8 Å². The second-order valence-electron chi connectivity index (χ2n) is 4.45. The lowest BCUT2D eigenvalue weighted by Gasteiger charge is -2.13. The Morgan fingerprint density at radius 1 is 1.42 bits per heavy atom. The van der Waals surface area contributed by atoms with Crippen molar-refractivity contribution >= 4 is 23.5 Å². The zero-order valence-electron chi connectivity index (χ0n) is 10.4. The summed E-state index contributed by atoms with van der Waals surface area (Å²) in [5, 5.41) is 14.2. The molecule has 2 rings (SSSR count). The van der Waals surface area contributed by atoms with E-state index in [9.17, 15) is 14.4 Å². The van der Waals surface area contributed by atoms with Gasteiger partial charge in [0.15, 0.2) is 0 Å². The first-order chi connectivity index (χ1) is 8.99. The second kappa shape index (κ2) is 5.09. The fraction of sp³-hybridized carbons (Fsp3) is 0.308. The van der Waals surface area contributed by atoms with E-state index in [4.69, 9.17) is 5.11 Å². The average molecular weight is 262 g/mol. The van der Waals surface area contributed by atoms with Crippen molar-refractivity contribution < 1.29 is 19.5 Å². The first-order valence-corrected chi connectivity index (χ1v) is 5.92. The van der Waals surface area contributed by atoms with Crippen molar-refractivity contribution in [2.75, 3.05) is 5.32 Å². The molecule has 0 saturated carbocycles. The Hall–Kier alpha value is -2.37. The van der Waals surface area contributed by atoms with Crippen LogP contribution in [0.2, 0.25) is 0 Å². The Balaban J connectivity index is 2.19. The third kappa shape index (κ3) is 2.73. The molecule has 1 aliphatic heterocycles. The summed E-state index contributed by atoms with van der Waals surface area (Å²) in [6.07, 6.45) is 0.747. The molecule has 6 heteroatoms. The van der Waals surface area contributed by atoms with Crippen LogP contribution in [0.3, 0.4) is 0 Å². The van der Waals surface area contributed by atoms with Crippen LogP contribution in [-0.2, 0) is 9.59 Å². The molecule has 0 aliphatic carbocycles. The van der Waals surface area contributed by atoms with Crippen molar-refractivity contribution in [3.8, 4) is 0 Å². The minimum atomic E-state index is -1.09. The number of aromatic carboxylic acids is 1. The van der Waals surface area contributed by atoms with Gasteiger partial charge >= 0.3 is 5.97 Å². The predicted octanol–water partition coefficient (Wildman–Crippen LogP) is 0.910. The fourth-order valence-corrected chi connectivity index (χ4v) is 2.09. The zero-order chi connectivity index (χ0) is 14.0. The van der Waals surface area contributed by atoms with Crippen LogP contribution in [0.25, 0.3) is 0 Å². The molecular formula is C13H14N2O4. The van der Waals surface area contributed by atoms with Crippen LogP contribution < -0.4 is 10.6 Å². The summed E-state index contributed by atoms with van der Waals surface area (Å²) in [5.41, 5.74) is 0.888. The highest BCUT2D eigenvalue weighted by Gasteiger charge is 2.28. The monoisotopic (exact) mass is 262 g/mol. The summed E-state index contributed by atoms with van der Waals surface area (Å²) in [6, 6.07) is 4.28. The summed E-state index contributed by atoms with van der Waals surface area (Å²) >= 11 is 0. The van der Waals surface area contributed by atoms with Crippen molar-refractivity contribution in [1.82, 2.24) is 5.32 Å². The van der Waals surface area contributed by atoms with Gasteiger partial charge in [0.05, 0.1) is 11.3 Å². The van der Waals surface area contributed by atoms with E-state index < -0.39 is 12.0 Å². The SMILES string of the molecule is Cc1cccc(NC(=O)C2CCC(=O)N2)c1C(=O)O. The molecule has 1 saturated heterocycles. The fourth-order valence-electron chi connectivity index (χ4n) is 2.09. The highest BCUT2D eigenvalue weighted by atomic mass is 16.4. The Bertz CT molecular complexity index is 554. The van der Waals surface area contributed by atoms with E-state index in [1.807, 2.05) is 0 Å². The number of aryl methyl sites for hydroxylation is 1. The third-order valence-corrected chi connectivity index (χ3v) is 3.06. The van der Waals surface area contributed by atoms with Crippen LogP contribution in [0.1, 0.15) is 28.8 Å². The third-order valence-electron chi connectivity index (χ3n) is 3.06. The summed E-state index contributed by atoms with van der Waals surface area (Å²) in [6.45, 7) is 1.66. The summed E-state index contributed by atoms with van der Waals surface area (Å²) in [5.74, 6) is -1.65. The molecule has 0 radical (unpaired) electrons. The molecule has 3 N–H and O–H groups in total. The molecule has 1 aromatic carbocycles. The number of carbonyl (C=O) groups excluding carboxylic acids is 2. The van der Waals surface area contributed by atoms with Gasteiger partial charge in [-0.15, -0.1) is 0 Å². The number of carbonyl (C=O) groups is 3. The first-order valence-electron chi connectivity index (χ1n) is 5.92. The van der Waals surface area contributed by atoms with Crippen LogP contribution in [-0.4, -0.2) is 28.9 Å². The molecule has 0 bridgehead atoms. The topological polar surface area (TPSA) is 95.5 Å². The summed E-state index contributed by atoms with van der Waals surface area (Å²) in [4.78, 5) is 34.2. The molecule has 19 heavy (non-hydrogen) atoms. The van der Waals surface area contributed by atoms with Crippen molar-refractivity contribution in [3.05, 3.63) is 29.3 Å². The minimum absolute atomic E-state index is 0.0696. The van der Waals surface area contributed by atoms with E-state index >= 15 is 0 Å². The number of anilines is 1. The number of rotatable bonds is 3. The highest BCUT2D eigenvalue weighted by molar-refractivity contribution is 6.04. The Kier molecular flexibility index (Phi) is 3.50. The van der Waals surface area contributed by atoms with E-state index in [1.165, 1.54) is 6.07 Å². The van der Waals surface area contributed by atoms with Gasteiger partial charge in [-0.25, -0.2) is 4.79 Å². The maximum Gasteiger partial charge on any atom is 0.338 e. The standard InChI is InChI=1S/C13H14N2O4/c1-7-3-2-4-8(11(7)13(18)19)15-12(17)9-5-6-10(16)14-9/h2-4,9H,5-6H2,1H3,(H,14,16)(H,15,17)(H,18,19). The summed E-state index contributed by atoms with van der Waals surface area (Å²) < 4.78 is 0. The molecule has 1 aromatic rings. The van der Waals surface area contributed by atoms with Crippen molar-refractivity contribution in [2.24, 2.45) is 0 Å². The number of amides is 2. The van der Waals surface area contributed by atoms with Gasteiger partial charge in [0.1, 0.15) is 6.04 Å². The highest BCUT2D eigenvalue weighted by Crippen LogP contribution is 2.20. The lowest BCUT2D eigenvalue weighted by Crippen LogP contribution is -2.37. The Labute approximate surface area is 109 Å². The molecule has 6 nitrogen and oxygen atoms in total. The molecule has 0 spiro atoms. The molecule has 2 amide bonds. The zero-order valence-corrected chi connectivity index (χ0v) is 10.4. The van der Waals surface area contributed by atoms with Gasteiger partial charge < -0.3 is 15.7 Å². The Morgan fingerprint density at radius 2 is 2.16 bits per heavy atom. The number of carboxylic acid groups (broad SMARTS) is 1. The van der Waals surface area contributed by atoms with Gasteiger partial charge in [-0.2, -0.15) is 0 Å². The number of hydrogen-bond acceptors (Lipinski definition) is 3. The van der Waals surface area contributed by atoms with Crippen LogP contribution >= 0.6 is 0 Å².